The fourth-order valence-electron chi connectivity index (χ4n) is 4.48. The molecule has 10 heteroatoms. The Bertz CT molecular complexity index is 1520. The van der Waals surface area contributed by atoms with Gasteiger partial charge in [-0.1, -0.05) is 30.4 Å². The Labute approximate surface area is 228 Å². The fraction of sp³-hybridized carbons (Fsp3) is 0.241. The molecule has 5 rings (SSSR count). The number of para-hydroxylation sites is 1. The number of hydrogen-bond donors (Lipinski definition) is 2. The number of hydrogen-bond acceptors (Lipinski definition) is 7. The number of nitrogens with two attached hydrogens (primary N) is 1. The summed E-state index contributed by atoms with van der Waals surface area (Å²) in [6, 6.07) is 18.0. The van der Waals surface area contributed by atoms with E-state index in [-0.39, 0.29) is 5.91 Å². The van der Waals surface area contributed by atoms with Crippen molar-refractivity contribution in [2.24, 2.45) is 0 Å². The number of nitrogen functional groups attached to an aromatic ring is 1. The SMILES string of the molecule is C[Si](C)(O)CC/C=C/C(=O)N1CCC=C(n2nc(-c3ccc(Oc4ccccc4)cc3)c3c(N)ncnc32)C1. The predicted octanol–water partition coefficient (Wildman–Crippen LogP) is 5.08. The van der Waals surface area contributed by atoms with E-state index in [1.807, 2.05) is 73.8 Å². The number of benzene rings is 2. The van der Waals surface area contributed by atoms with Gasteiger partial charge in [-0.15, -0.1) is 0 Å². The summed E-state index contributed by atoms with van der Waals surface area (Å²) < 4.78 is 7.69. The zero-order valence-electron chi connectivity index (χ0n) is 22.1. The van der Waals surface area contributed by atoms with Crippen LogP contribution in [-0.2, 0) is 4.79 Å². The minimum absolute atomic E-state index is 0.0576. The zero-order chi connectivity index (χ0) is 27.4. The van der Waals surface area contributed by atoms with E-state index in [0.29, 0.717) is 54.2 Å². The van der Waals surface area contributed by atoms with Gasteiger partial charge >= 0.3 is 0 Å². The average Bonchev–Trinajstić information content (AvgIpc) is 3.33. The summed E-state index contributed by atoms with van der Waals surface area (Å²) in [5, 5.41) is 5.56. The third kappa shape index (κ3) is 6.24. The second kappa shape index (κ2) is 11.2. The summed E-state index contributed by atoms with van der Waals surface area (Å²) in [5.74, 6) is 1.75. The summed E-state index contributed by atoms with van der Waals surface area (Å²) in [7, 11) is -2.13. The topological polar surface area (TPSA) is 119 Å². The Morgan fingerprint density at radius 1 is 1.10 bits per heavy atom. The maximum Gasteiger partial charge on any atom is 0.246 e. The summed E-state index contributed by atoms with van der Waals surface area (Å²) in [6.45, 7) is 4.82. The van der Waals surface area contributed by atoms with Crippen molar-refractivity contribution in [1.82, 2.24) is 24.6 Å². The van der Waals surface area contributed by atoms with Crippen molar-refractivity contribution in [2.45, 2.75) is 32.0 Å². The second-order valence-corrected chi connectivity index (χ2v) is 14.3. The van der Waals surface area contributed by atoms with Crippen LogP contribution in [0.2, 0.25) is 19.1 Å². The van der Waals surface area contributed by atoms with Gasteiger partial charge in [0.1, 0.15) is 29.3 Å². The zero-order valence-corrected chi connectivity index (χ0v) is 23.1. The lowest BCUT2D eigenvalue weighted by Gasteiger charge is -2.26. The Hall–Kier alpha value is -4.28. The molecular formula is C29H32N6O3Si. The van der Waals surface area contributed by atoms with Crippen molar-refractivity contribution >= 4 is 36.8 Å². The number of carbonyl (C=O) groups is 1. The first-order chi connectivity index (χ1) is 18.8. The van der Waals surface area contributed by atoms with Crippen molar-refractivity contribution in [3.63, 3.8) is 0 Å². The number of nitrogens with zero attached hydrogens (tertiary/aromatic N) is 5. The van der Waals surface area contributed by atoms with E-state index in [1.165, 1.54) is 6.33 Å². The van der Waals surface area contributed by atoms with Crippen LogP contribution in [0.15, 0.2) is 79.2 Å². The lowest BCUT2D eigenvalue weighted by molar-refractivity contribution is -0.125. The van der Waals surface area contributed by atoms with Crippen molar-refractivity contribution in [3.05, 3.63) is 79.2 Å². The number of fused-ring (bicyclic) bond motifs is 1. The highest BCUT2D eigenvalue weighted by Gasteiger charge is 2.23. The maximum atomic E-state index is 12.9. The largest absolute Gasteiger partial charge is 0.457 e. The van der Waals surface area contributed by atoms with Crippen LogP contribution in [0.3, 0.4) is 0 Å². The van der Waals surface area contributed by atoms with Crippen LogP contribution >= 0.6 is 0 Å². The van der Waals surface area contributed by atoms with Crippen molar-refractivity contribution in [3.8, 4) is 22.8 Å². The van der Waals surface area contributed by atoms with E-state index in [1.54, 1.807) is 15.7 Å². The molecule has 2 aromatic carbocycles. The lowest BCUT2D eigenvalue weighted by Crippen LogP contribution is -2.35. The van der Waals surface area contributed by atoms with Gasteiger partial charge in [0.05, 0.1) is 17.6 Å². The van der Waals surface area contributed by atoms with E-state index in [2.05, 4.69) is 16.0 Å². The molecule has 0 radical (unpaired) electrons. The van der Waals surface area contributed by atoms with Crippen LogP contribution in [0.5, 0.6) is 11.5 Å². The minimum Gasteiger partial charge on any atom is -0.457 e. The third-order valence-corrected chi connectivity index (χ3v) is 8.01. The van der Waals surface area contributed by atoms with Gasteiger partial charge in [-0.3, -0.25) is 4.79 Å². The molecule has 3 N–H and O–H groups in total. The van der Waals surface area contributed by atoms with E-state index >= 15 is 0 Å². The lowest BCUT2D eigenvalue weighted by atomic mass is 10.1. The molecule has 9 nitrogen and oxygen atoms in total. The Morgan fingerprint density at radius 3 is 2.59 bits per heavy atom. The van der Waals surface area contributed by atoms with Gasteiger partial charge in [-0.25, -0.2) is 14.6 Å². The smallest absolute Gasteiger partial charge is 0.246 e. The molecule has 0 spiro atoms. The Morgan fingerprint density at radius 2 is 1.85 bits per heavy atom. The van der Waals surface area contributed by atoms with Crippen molar-refractivity contribution in [2.75, 3.05) is 18.8 Å². The van der Waals surface area contributed by atoms with Crippen molar-refractivity contribution < 1.29 is 14.3 Å². The highest BCUT2D eigenvalue weighted by Crippen LogP contribution is 2.33. The molecule has 3 heterocycles. The van der Waals surface area contributed by atoms with Crippen LogP contribution in [0, 0.1) is 0 Å². The molecule has 200 valence electrons. The molecule has 0 fully saturated rings. The molecular weight excluding hydrogens is 508 g/mol. The number of rotatable bonds is 8. The van der Waals surface area contributed by atoms with Gasteiger partial charge in [-0.2, -0.15) is 5.10 Å². The molecule has 0 bridgehead atoms. The second-order valence-electron chi connectivity index (χ2n) is 10.2. The first-order valence-electron chi connectivity index (χ1n) is 13.0. The van der Waals surface area contributed by atoms with Crippen LogP contribution < -0.4 is 10.5 Å². The highest BCUT2D eigenvalue weighted by molar-refractivity contribution is 6.69. The van der Waals surface area contributed by atoms with Gasteiger partial charge < -0.3 is 20.2 Å². The summed E-state index contributed by atoms with van der Waals surface area (Å²) in [5.41, 5.74) is 9.26. The normalized spacial score (nSPS) is 14.1. The van der Waals surface area contributed by atoms with Gasteiger partial charge in [0, 0.05) is 12.1 Å². The minimum atomic E-state index is -2.13. The van der Waals surface area contributed by atoms with Crippen LogP contribution in [0.4, 0.5) is 5.82 Å². The van der Waals surface area contributed by atoms with Crippen molar-refractivity contribution in [1.29, 1.82) is 0 Å². The summed E-state index contributed by atoms with van der Waals surface area (Å²) in [6.07, 6.45) is 8.36. The molecule has 39 heavy (non-hydrogen) atoms. The third-order valence-electron chi connectivity index (χ3n) is 6.50. The van der Waals surface area contributed by atoms with E-state index in [9.17, 15) is 9.59 Å². The number of amides is 1. The quantitative estimate of drug-likeness (QED) is 0.236. The first-order valence-corrected chi connectivity index (χ1v) is 16.1. The van der Waals surface area contributed by atoms with E-state index < -0.39 is 8.32 Å². The Kier molecular flexibility index (Phi) is 7.57. The molecule has 2 aromatic heterocycles. The van der Waals surface area contributed by atoms with Gasteiger partial charge in [0.15, 0.2) is 14.0 Å². The highest BCUT2D eigenvalue weighted by atomic mass is 28.4. The molecule has 1 aliphatic heterocycles. The number of allylic oxidation sites excluding steroid dienone is 1. The number of ether oxygens (including phenoxy) is 1. The predicted molar refractivity (Wildman–Crippen MR) is 155 cm³/mol. The monoisotopic (exact) mass is 540 g/mol. The van der Waals surface area contributed by atoms with E-state index in [0.717, 1.165) is 23.1 Å². The summed E-state index contributed by atoms with van der Waals surface area (Å²) >= 11 is 0. The van der Waals surface area contributed by atoms with Gasteiger partial charge in [-0.05, 0) is 74.5 Å². The molecule has 0 atom stereocenters. The molecule has 0 unspecified atom stereocenters. The van der Waals surface area contributed by atoms with E-state index in [4.69, 9.17) is 15.6 Å². The number of carbonyl (C=O) groups excluding carboxylic acids is 1. The summed E-state index contributed by atoms with van der Waals surface area (Å²) in [4.78, 5) is 33.4. The molecule has 4 aromatic rings. The van der Waals surface area contributed by atoms with Crippen LogP contribution in [0.25, 0.3) is 28.0 Å². The molecule has 0 aliphatic carbocycles. The average molecular weight is 541 g/mol. The Balaban J connectivity index is 1.39. The maximum absolute atomic E-state index is 12.9. The molecule has 0 saturated carbocycles. The molecule has 1 amide bonds. The molecule has 1 aliphatic rings. The molecule has 0 saturated heterocycles. The number of aromatic nitrogens is 4. The first kappa shape index (κ1) is 26.3. The van der Waals surface area contributed by atoms with Gasteiger partial charge in [0.25, 0.3) is 0 Å². The van der Waals surface area contributed by atoms with Crippen LogP contribution in [0.1, 0.15) is 12.8 Å². The standard InChI is InChI=1S/C29H32N6O3Si/c1-39(2,37)18-7-6-12-25(36)34-17-8-9-22(19-34)35-29-26(28(30)31-20-32-29)27(33-35)21-13-15-24(16-14-21)38-23-10-4-3-5-11-23/h3-6,9-16,20,37H,7-8,17-19H2,1-2H3,(H2,30,31,32)/b12-6+. The van der Waals surface area contributed by atoms with Gasteiger partial charge in [0.2, 0.25) is 5.91 Å². The van der Waals surface area contributed by atoms with Crippen LogP contribution in [-0.4, -0.2) is 56.8 Å². The fourth-order valence-corrected chi connectivity index (χ4v) is 5.35. The number of anilines is 1.